The lowest BCUT2D eigenvalue weighted by molar-refractivity contribution is -0.117. The molecule has 8 heteroatoms. The normalized spacial score (nSPS) is 15.1. The number of hydrogen-bond acceptors (Lipinski definition) is 4. The molecular formula is C25H26F2N4O2. The van der Waals surface area contributed by atoms with E-state index < -0.39 is 17.6 Å². The molecule has 33 heavy (non-hydrogen) atoms. The van der Waals surface area contributed by atoms with Crippen LogP contribution in [-0.4, -0.2) is 34.4 Å². The molecule has 0 radical (unpaired) electrons. The first-order valence-corrected chi connectivity index (χ1v) is 10.5. The van der Waals surface area contributed by atoms with Gasteiger partial charge in [0, 0.05) is 36.8 Å². The number of nitrogens with one attached hydrogen (secondary N) is 2. The molecule has 3 rings (SSSR count). The second-order valence-electron chi connectivity index (χ2n) is 7.51. The molecular weight excluding hydrogens is 426 g/mol. The second kappa shape index (κ2) is 11.2. The molecule has 0 spiro atoms. The van der Waals surface area contributed by atoms with Crippen LogP contribution in [-0.2, 0) is 4.79 Å². The minimum Gasteiger partial charge on any atom is -0.398 e. The average molecular weight is 453 g/mol. The monoisotopic (exact) mass is 452 g/mol. The van der Waals surface area contributed by atoms with Gasteiger partial charge in [-0.05, 0) is 67.0 Å². The average Bonchev–Trinajstić information content (AvgIpc) is 3.26. The van der Waals surface area contributed by atoms with E-state index in [2.05, 4.69) is 5.32 Å². The van der Waals surface area contributed by atoms with Crippen LogP contribution in [0, 0.1) is 11.2 Å². The van der Waals surface area contributed by atoms with Gasteiger partial charge in [-0.1, -0.05) is 12.2 Å². The van der Waals surface area contributed by atoms with E-state index in [9.17, 15) is 18.7 Å². The van der Waals surface area contributed by atoms with Crippen LogP contribution in [0.4, 0.5) is 8.78 Å². The van der Waals surface area contributed by atoms with E-state index in [1.807, 2.05) is 29.1 Å². The van der Waals surface area contributed by atoms with Crippen molar-refractivity contribution in [2.24, 2.45) is 5.73 Å². The van der Waals surface area contributed by atoms with Crippen molar-refractivity contribution in [3.8, 4) is 0 Å². The third-order valence-electron chi connectivity index (χ3n) is 5.22. The number of nitrogens with zero attached hydrogens (tertiary/aromatic N) is 1. The third-order valence-corrected chi connectivity index (χ3v) is 5.22. The van der Waals surface area contributed by atoms with E-state index in [0.717, 1.165) is 0 Å². The molecule has 1 aromatic heterocycles. The molecule has 172 valence electrons. The summed E-state index contributed by atoms with van der Waals surface area (Å²) in [6.45, 7) is 0.171. The molecule has 1 aromatic carbocycles. The molecule has 0 fully saturated rings. The van der Waals surface area contributed by atoms with Crippen molar-refractivity contribution in [1.82, 2.24) is 9.88 Å². The number of nitrogens with two attached hydrogens (primary N) is 1. The summed E-state index contributed by atoms with van der Waals surface area (Å²) in [7, 11) is 0. The second-order valence-corrected chi connectivity index (χ2v) is 7.51. The van der Waals surface area contributed by atoms with Crippen molar-refractivity contribution in [2.75, 3.05) is 13.2 Å². The van der Waals surface area contributed by atoms with Gasteiger partial charge in [0.05, 0.1) is 17.3 Å². The van der Waals surface area contributed by atoms with Crippen LogP contribution in [0.2, 0.25) is 0 Å². The van der Waals surface area contributed by atoms with Gasteiger partial charge in [-0.2, -0.15) is 0 Å². The number of aliphatic hydroxyl groups excluding tert-OH is 1. The van der Waals surface area contributed by atoms with Crippen LogP contribution in [0.1, 0.15) is 24.4 Å². The summed E-state index contributed by atoms with van der Waals surface area (Å²) < 4.78 is 30.0. The maximum Gasteiger partial charge on any atom is 0.252 e. The fourth-order valence-corrected chi connectivity index (χ4v) is 3.50. The predicted octanol–water partition coefficient (Wildman–Crippen LogP) is 3.69. The lowest BCUT2D eigenvalue weighted by Gasteiger charge is -2.19. The predicted molar refractivity (Wildman–Crippen MR) is 124 cm³/mol. The number of aliphatic hydroxyl groups is 1. The van der Waals surface area contributed by atoms with Crippen molar-refractivity contribution in [1.29, 1.82) is 5.41 Å². The van der Waals surface area contributed by atoms with Gasteiger partial charge in [-0.15, -0.1) is 0 Å². The summed E-state index contributed by atoms with van der Waals surface area (Å²) in [6.07, 6.45) is 10.1. The highest BCUT2D eigenvalue weighted by Crippen LogP contribution is 2.26. The summed E-state index contributed by atoms with van der Waals surface area (Å²) in [6, 6.07) is 8.80. The Balaban J connectivity index is 1.87. The Bertz CT molecular complexity index is 1110. The van der Waals surface area contributed by atoms with Crippen LogP contribution in [0.5, 0.6) is 0 Å². The number of amides is 1. The van der Waals surface area contributed by atoms with E-state index in [0.29, 0.717) is 12.0 Å². The third kappa shape index (κ3) is 6.14. The zero-order chi connectivity index (χ0) is 23.8. The summed E-state index contributed by atoms with van der Waals surface area (Å²) in [5, 5.41) is 20.4. The highest BCUT2D eigenvalue weighted by atomic mass is 19.1. The van der Waals surface area contributed by atoms with Crippen LogP contribution < -0.4 is 11.1 Å². The lowest BCUT2D eigenvalue weighted by Crippen LogP contribution is -2.32. The first-order valence-electron chi connectivity index (χ1n) is 10.5. The van der Waals surface area contributed by atoms with E-state index in [1.54, 1.807) is 6.08 Å². The number of carbonyl (C=O) groups excluding carboxylic acids is 1. The maximum absolute atomic E-state index is 14.9. The van der Waals surface area contributed by atoms with Crippen LogP contribution in [0.3, 0.4) is 0 Å². The van der Waals surface area contributed by atoms with Crippen molar-refractivity contribution < 1.29 is 18.7 Å². The first-order chi connectivity index (χ1) is 15.9. The summed E-state index contributed by atoms with van der Waals surface area (Å²) in [5.74, 6) is -1.62. The molecule has 0 bridgehead atoms. The van der Waals surface area contributed by atoms with Gasteiger partial charge in [0.15, 0.2) is 0 Å². The van der Waals surface area contributed by atoms with Crippen LogP contribution in [0.15, 0.2) is 95.8 Å². The Kier molecular flexibility index (Phi) is 8.10. The number of halogens is 2. The number of carbonyl (C=O) groups is 1. The number of rotatable bonds is 9. The van der Waals surface area contributed by atoms with Gasteiger partial charge >= 0.3 is 0 Å². The summed E-state index contributed by atoms with van der Waals surface area (Å²) in [5.41, 5.74) is 6.34. The van der Waals surface area contributed by atoms with Crippen LogP contribution in [0.25, 0.3) is 0 Å². The molecule has 1 amide bonds. The molecule has 1 unspecified atom stereocenters. The highest BCUT2D eigenvalue weighted by molar-refractivity contribution is 6.07. The number of aromatic nitrogens is 1. The van der Waals surface area contributed by atoms with Gasteiger partial charge in [-0.3, -0.25) is 4.79 Å². The Morgan fingerprint density at radius 3 is 2.61 bits per heavy atom. The quantitative estimate of drug-likeness (QED) is 0.436. The molecule has 0 aliphatic heterocycles. The number of hydrogen-bond donors (Lipinski definition) is 4. The molecule has 1 aliphatic carbocycles. The molecule has 5 N–H and O–H groups in total. The van der Waals surface area contributed by atoms with Crippen molar-refractivity contribution >= 4 is 11.6 Å². The van der Waals surface area contributed by atoms with Crippen molar-refractivity contribution in [2.45, 2.75) is 18.9 Å². The largest absolute Gasteiger partial charge is 0.398 e. The lowest BCUT2D eigenvalue weighted by atomic mass is 10.0. The highest BCUT2D eigenvalue weighted by Gasteiger charge is 2.22. The van der Waals surface area contributed by atoms with Crippen molar-refractivity contribution in [3.63, 3.8) is 0 Å². The van der Waals surface area contributed by atoms with Crippen LogP contribution >= 0.6 is 0 Å². The Hall–Kier alpha value is -3.78. The minimum atomic E-state index is -0.664. The van der Waals surface area contributed by atoms with Crippen molar-refractivity contribution in [3.05, 3.63) is 107 Å². The van der Waals surface area contributed by atoms with Gasteiger partial charge in [0.2, 0.25) is 0 Å². The van der Waals surface area contributed by atoms with E-state index >= 15 is 0 Å². The number of allylic oxidation sites excluding steroid dienone is 4. The Labute approximate surface area is 190 Å². The zero-order valence-electron chi connectivity index (χ0n) is 18.0. The zero-order valence-corrected chi connectivity index (χ0v) is 18.0. The van der Waals surface area contributed by atoms with Gasteiger partial charge in [0.1, 0.15) is 11.6 Å². The summed E-state index contributed by atoms with van der Waals surface area (Å²) >= 11 is 0. The molecule has 1 aliphatic rings. The van der Waals surface area contributed by atoms with Gasteiger partial charge in [-0.25, -0.2) is 8.78 Å². The van der Waals surface area contributed by atoms with E-state index in [1.165, 1.54) is 42.5 Å². The van der Waals surface area contributed by atoms with Gasteiger partial charge in [0.25, 0.3) is 5.91 Å². The molecule has 6 nitrogen and oxygen atoms in total. The number of benzene rings is 1. The molecule has 1 heterocycles. The standard InChI is InChI=1S/C25H26F2N4O2/c26-18-9-7-17(8-10-18)22(28)15-23(29)24-20(5-1-2-6-21(24)27)25(33)30-16-19(11-14-32)31-12-3-4-13-31/h1,3-10,12-13,15,19,28,32H,2,11,14,16,29H2,(H,30,33). The SMILES string of the molecule is N=C(C=C(N)C1=C(C(=O)NCC(CCO)n2cccc2)C=CCC=C1F)c1ccc(F)cc1. The fourth-order valence-electron chi connectivity index (χ4n) is 3.50. The molecule has 0 saturated heterocycles. The topological polar surface area (TPSA) is 104 Å². The minimum absolute atomic E-state index is 0.0390. The molecule has 0 saturated carbocycles. The summed E-state index contributed by atoms with van der Waals surface area (Å²) in [4.78, 5) is 13.0. The van der Waals surface area contributed by atoms with E-state index in [-0.39, 0.29) is 48.2 Å². The fraction of sp³-hybridized carbons (Fsp3) is 0.200. The maximum atomic E-state index is 14.9. The smallest absolute Gasteiger partial charge is 0.252 e. The van der Waals surface area contributed by atoms with Gasteiger partial charge < -0.3 is 26.1 Å². The van der Waals surface area contributed by atoms with E-state index in [4.69, 9.17) is 11.1 Å². The molecule has 2 aromatic rings. The Morgan fingerprint density at radius 1 is 1.24 bits per heavy atom. The molecule has 1 atom stereocenters. The Morgan fingerprint density at radius 2 is 1.94 bits per heavy atom. The first kappa shape index (κ1) is 23.9.